The second-order valence-corrected chi connectivity index (χ2v) is 3.38. The molecular formula is C11H10N2O3. The highest BCUT2D eigenvalue weighted by molar-refractivity contribution is 5.89. The van der Waals surface area contributed by atoms with E-state index in [9.17, 15) is 10.1 Å². The summed E-state index contributed by atoms with van der Waals surface area (Å²) in [7, 11) is 1.55. The van der Waals surface area contributed by atoms with Crippen LogP contribution in [-0.2, 0) is 0 Å². The van der Waals surface area contributed by atoms with Gasteiger partial charge < -0.3 is 4.74 Å². The van der Waals surface area contributed by atoms with Crippen LogP contribution in [0, 0.1) is 17.0 Å². The summed E-state index contributed by atoms with van der Waals surface area (Å²) in [5, 5.41) is 11.5. The second kappa shape index (κ2) is 3.77. The SMILES string of the molecule is COc1cccc2c(C)c([N+](=O)[O-])cnc12. The largest absolute Gasteiger partial charge is 0.494 e. The number of ether oxygens (including phenoxy) is 1. The van der Waals surface area contributed by atoms with Gasteiger partial charge in [0.1, 0.15) is 17.5 Å². The summed E-state index contributed by atoms with van der Waals surface area (Å²) in [5.74, 6) is 0.621. The first-order valence-electron chi connectivity index (χ1n) is 4.72. The maximum absolute atomic E-state index is 10.8. The predicted octanol–water partition coefficient (Wildman–Crippen LogP) is 2.46. The molecule has 0 aliphatic carbocycles. The van der Waals surface area contributed by atoms with E-state index < -0.39 is 4.92 Å². The number of hydrogen-bond donors (Lipinski definition) is 0. The molecule has 82 valence electrons. The van der Waals surface area contributed by atoms with Crippen molar-refractivity contribution >= 4 is 16.6 Å². The molecule has 0 bridgehead atoms. The van der Waals surface area contributed by atoms with Crippen molar-refractivity contribution in [1.82, 2.24) is 4.98 Å². The average Bonchev–Trinajstić information content (AvgIpc) is 2.28. The Labute approximate surface area is 91.8 Å². The van der Waals surface area contributed by atoms with Crippen LogP contribution in [0.3, 0.4) is 0 Å². The van der Waals surface area contributed by atoms with Crippen molar-refractivity contribution in [3.63, 3.8) is 0 Å². The van der Waals surface area contributed by atoms with Crippen molar-refractivity contribution in [3.8, 4) is 5.75 Å². The molecule has 0 saturated heterocycles. The Morgan fingerprint density at radius 3 is 2.81 bits per heavy atom. The Bertz CT molecular complexity index is 566. The summed E-state index contributed by atoms with van der Waals surface area (Å²) >= 11 is 0. The van der Waals surface area contributed by atoms with Crippen LogP contribution in [0.1, 0.15) is 5.56 Å². The van der Waals surface area contributed by atoms with E-state index in [4.69, 9.17) is 4.74 Å². The summed E-state index contributed by atoms with van der Waals surface area (Å²) < 4.78 is 5.15. The molecule has 5 nitrogen and oxygen atoms in total. The van der Waals surface area contributed by atoms with Crippen molar-refractivity contribution in [3.05, 3.63) is 40.1 Å². The van der Waals surface area contributed by atoms with E-state index in [0.29, 0.717) is 16.8 Å². The first-order chi connectivity index (χ1) is 7.65. The van der Waals surface area contributed by atoms with Gasteiger partial charge >= 0.3 is 0 Å². The van der Waals surface area contributed by atoms with Gasteiger partial charge in [0.15, 0.2) is 0 Å². The molecule has 0 atom stereocenters. The quantitative estimate of drug-likeness (QED) is 0.573. The summed E-state index contributed by atoms with van der Waals surface area (Å²) in [6.45, 7) is 1.71. The monoisotopic (exact) mass is 218 g/mol. The first-order valence-corrected chi connectivity index (χ1v) is 4.72. The molecule has 1 heterocycles. The zero-order valence-corrected chi connectivity index (χ0v) is 8.93. The minimum atomic E-state index is -0.429. The molecule has 0 saturated carbocycles. The molecule has 0 spiro atoms. The lowest BCUT2D eigenvalue weighted by Crippen LogP contribution is -1.95. The zero-order chi connectivity index (χ0) is 11.7. The molecule has 2 rings (SSSR count). The molecule has 0 aliphatic rings. The van der Waals surface area contributed by atoms with Crippen LogP contribution in [0.4, 0.5) is 5.69 Å². The topological polar surface area (TPSA) is 65.3 Å². The molecule has 0 fully saturated rings. The number of benzene rings is 1. The number of nitrogens with zero attached hydrogens (tertiary/aromatic N) is 2. The predicted molar refractivity (Wildman–Crippen MR) is 59.7 cm³/mol. The maximum Gasteiger partial charge on any atom is 0.291 e. The van der Waals surface area contributed by atoms with Crippen LogP contribution in [0.2, 0.25) is 0 Å². The van der Waals surface area contributed by atoms with Gasteiger partial charge in [0.05, 0.1) is 12.0 Å². The molecule has 0 unspecified atom stereocenters. The molecule has 0 N–H and O–H groups in total. The van der Waals surface area contributed by atoms with Crippen LogP contribution < -0.4 is 4.74 Å². The lowest BCUT2D eigenvalue weighted by atomic mass is 10.1. The van der Waals surface area contributed by atoms with E-state index in [2.05, 4.69) is 4.98 Å². The summed E-state index contributed by atoms with van der Waals surface area (Å²) in [5.41, 5.74) is 1.28. The number of methoxy groups -OCH3 is 1. The van der Waals surface area contributed by atoms with Gasteiger partial charge in [-0.3, -0.25) is 10.1 Å². The molecule has 16 heavy (non-hydrogen) atoms. The lowest BCUT2D eigenvalue weighted by Gasteiger charge is -2.06. The van der Waals surface area contributed by atoms with Gasteiger partial charge in [0.25, 0.3) is 5.69 Å². The van der Waals surface area contributed by atoms with E-state index >= 15 is 0 Å². The van der Waals surface area contributed by atoms with Crippen molar-refractivity contribution in [2.24, 2.45) is 0 Å². The molecule has 0 amide bonds. The van der Waals surface area contributed by atoms with Crippen LogP contribution in [0.5, 0.6) is 5.75 Å². The molecule has 2 aromatic rings. The van der Waals surface area contributed by atoms with Gasteiger partial charge in [0.2, 0.25) is 0 Å². The number of aromatic nitrogens is 1. The molecule has 1 aromatic carbocycles. The fourth-order valence-corrected chi connectivity index (χ4v) is 1.67. The van der Waals surface area contributed by atoms with Crippen LogP contribution in [0.25, 0.3) is 10.9 Å². The van der Waals surface area contributed by atoms with Gasteiger partial charge in [-0.25, -0.2) is 4.98 Å². The number of pyridine rings is 1. The number of nitro groups is 1. The second-order valence-electron chi connectivity index (χ2n) is 3.38. The van der Waals surface area contributed by atoms with Crippen molar-refractivity contribution < 1.29 is 9.66 Å². The molecule has 1 aromatic heterocycles. The van der Waals surface area contributed by atoms with E-state index in [1.807, 2.05) is 0 Å². The van der Waals surface area contributed by atoms with E-state index in [-0.39, 0.29) is 5.69 Å². The third-order valence-corrected chi connectivity index (χ3v) is 2.52. The highest BCUT2D eigenvalue weighted by atomic mass is 16.6. The van der Waals surface area contributed by atoms with Gasteiger partial charge in [-0.05, 0) is 13.0 Å². The standard InChI is InChI=1S/C11H10N2O3/c1-7-8-4-3-5-10(16-2)11(8)12-6-9(7)13(14)15/h3-6H,1-2H3. The maximum atomic E-state index is 10.8. The highest BCUT2D eigenvalue weighted by Crippen LogP contribution is 2.30. The lowest BCUT2D eigenvalue weighted by molar-refractivity contribution is -0.385. The normalized spacial score (nSPS) is 10.4. The van der Waals surface area contributed by atoms with Gasteiger partial charge in [-0.1, -0.05) is 12.1 Å². The Hall–Kier alpha value is -2.17. The van der Waals surface area contributed by atoms with Crippen LogP contribution in [-0.4, -0.2) is 17.0 Å². The fraction of sp³-hybridized carbons (Fsp3) is 0.182. The van der Waals surface area contributed by atoms with E-state index in [0.717, 1.165) is 5.39 Å². The Balaban J connectivity index is 2.81. The van der Waals surface area contributed by atoms with E-state index in [1.165, 1.54) is 6.20 Å². The summed E-state index contributed by atoms with van der Waals surface area (Å²) in [4.78, 5) is 14.4. The number of fused-ring (bicyclic) bond motifs is 1. The van der Waals surface area contributed by atoms with Gasteiger partial charge in [-0.2, -0.15) is 0 Å². The van der Waals surface area contributed by atoms with Gasteiger partial charge in [0, 0.05) is 10.9 Å². The van der Waals surface area contributed by atoms with Crippen molar-refractivity contribution in [1.29, 1.82) is 0 Å². The number of hydrogen-bond acceptors (Lipinski definition) is 4. The minimum Gasteiger partial charge on any atom is -0.494 e. The van der Waals surface area contributed by atoms with Crippen LogP contribution in [0.15, 0.2) is 24.4 Å². The van der Waals surface area contributed by atoms with Crippen molar-refractivity contribution in [2.75, 3.05) is 7.11 Å². The third kappa shape index (κ3) is 1.46. The zero-order valence-electron chi connectivity index (χ0n) is 8.93. The summed E-state index contributed by atoms with van der Waals surface area (Å²) in [6.07, 6.45) is 1.26. The smallest absolute Gasteiger partial charge is 0.291 e. The third-order valence-electron chi connectivity index (χ3n) is 2.52. The molecule has 0 radical (unpaired) electrons. The Morgan fingerprint density at radius 1 is 1.44 bits per heavy atom. The Kier molecular flexibility index (Phi) is 2.44. The van der Waals surface area contributed by atoms with Crippen LogP contribution >= 0.6 is 0 Å². The Morgan fingerprint density at radius 2 is 2.19 bits per heavy atom. The summed E-state index contributed by atoms with van der Waals surface area (Å²) in [6, 6.07) is 5.37. The van der Waals surface area contributed by atoms with E-state index in [1.54, 1.807) is 32.2 Å². The fourth-order valence-electron chi connectivity index (χ4n) is 1.67. The molecule has 0 aliphatic heterocycles. The number of para-hydroxylation sites is 1. The molecule has 5 heteroatoms. The highest BCUT2D eigenvalue weighted by Gasteiger charge is 2.15. The first kappa shape index (κ1) is 10.4. The number of rotatable bonds is 2. The van der Waals surface area contributed by atoms with Crippen molar-refractivity contribution in [2.45, 2.75) is 6.92 Å². The molecular weight excluding hydrogens is 208 g/mol. The average molecular weight is 218 g/mol. The minimum absolute atomic E-state index is 0.0285. The van der Waals surface area contributed by atoms with Gasteiger partial charge in [-0.15, -0.1) is 0 Å². The number of aryl methyl sites for hydroxylation is 1.